The van der Waals surface area contributed by atoms with Crippen molar-refractivity contribution in [3.8, 4) is 0 Å². The molecule has 0 saturated heterocycles. The molecular formula is C18H37NO5. The lowest BCUT2D eigenvalue weighted by molar-refractivity contribution is -0.121. The Morgan fingerprint density at radius 1 is 0.792 bits per heavy atom. The third-order valence-electron chi connectivity index (χ3n) is 3.47. The highest BCUT2D eigenvalue weighted by atomic mass is 16.5. The standard InChI is InChI=1S/C18H37NO5/c1-2-12-22-14-16-24-17-15-23-13-10-19-18(21)9-7-5-3-4-6-8-11-20/h20H,2-17H2,1H3,(H,19,21). The van der Waals surface area contributed by atoms with Crippen molar-refractivity contribution in [2.24, 2.45) is 0 Å². The molecular weight excluding hydrogens is 310 g/mol. The molecule has 0 atom stereocenters. The molecule has 2 N–H and O–H groups in total. The Morgan fingerprint density at radius 3 is 1.96 bits per heavy atom. The number of carbonyl (C=O) groups is 1. The van der Waals surface area contributed by atoms with Crippen molar-refractivity contribution in [1.82, 2.24) is 5.32 Å². The Labute approximate surface area is 147 Å². The minimum Gasteiger partial charge on any atom is -0.396 e. The van der Waals surface area contributed by atoms with Gasteiger partial charge < -0.3 is 24.6 Å². The maximum absolute atomic E-state index is 11.6. The van der Waals surface area contributed by atoms with Crippen LogP contribution in [0.4, 0.5) is 0 Å². The van der Waals surface area contributed by atoms with Crippen LogP contribution in [0.3, 0.4) is 0 Å². The summed E-state index contributed by atoms with van der Waals surface area (Å²) < 4.78 is 16.0. The fraction of sp³-hybridized carbons (Fsp3) is 0.944. The number of ether oxygens (including phenoxy) is 3. The number of carbonyl (C=O) groups excluding carboxylic acids is 1. The average Bonchev–Trinajstić information content (AvgIpc) is 2.59. The summed E-state index contributed by atoms with van der Waals surface area (Å²) in [7, 11) is 0. The molecule has 24 heavy (non-hydrogen) atoms. The fourth-order valence-electron chi connectivity index (χ4n) is 2.14. The molecule has 6 heteroatoms. The number of hydrogen-bond donors (Lipinski definition) is 2. The SMILES string of the molecule is CCCOCCOCCOCCNC(=O)CCCCCCCCO. The molecule has 0 heterocycles. The summed E-state index contributed by atoms with van der Waals surface area (Å²) in [5.41, 5.74) is 0. The quantitative estimate of drug-likeness (QED) is 0.351. The van der Waals surface area contributed by atoms with E-state index in [0.717, 1.165) is 51.6 Å². The zero-order valence-corrected chi connectivity index (χ0v) is 15.4. The van der Waals surface area contributed by atoms with E-state index in [9.17, 15) is 4.79 Å². The Kier molecular flexibility index (Phi) is 19.8. The second kappa shape index (κ2) is 20.4. The van der Waals surface area contributed by atoms with E-state index in [1.165, 1.54) is 0 Å². The number of amides is 1. The number of unbranched alkanes of at least 4 members (excludes halogenated alkanes) is 5. The first-order chi connectivity index (χ1) is 11.8. The van der Waals surface area contributed by atoms with Crippen LogP contribution in [0.5, 0.6) is 0 Å². The van der Waals surface area contributed by atoms with E-state index < -0.39 is 0 Å². The molecule has 144 valence electrons. The topological polar surface area (TPSA) is 77.0 Å². The molecule has 0 saturated carbocycles. The summed E-state index contributed by atoms with van der Waals surface area (Å²) in [4.78, 5) is 11.6. The minimum absolute atomic E-state index is 0.0956. The third kappa shape index (κ3) is 19.4. The maximum Gasteiger partial charge on any atom is 0.220 e. The van der Waals surface area contributed by atoms with Crippen LogP contribution in [0.15, 0.2) is 0 Å². The normalized spacial score (nSPS) is 10.9. The fourth-order valence-corrected chi connectivity index (χ4v) is 2.14. The molecule has 0 aliphatic heterocycles. The van der Waals surface area contributed by atoms with Gasteiger partial charge in [-0.1, -0.05) is 32.6 Å². The van der Waals surface area contributed by atoms with Gasteiger partial charge in [-0.25, -0.2) is 0 Å². The van der Waals surface area contributed by atoms with Crippen LogP contribution in [0.1, 0.15) is 58.3 Å². The molecule has 1 amide bonds. The minimum atomic E-state index is 0.0956. The van der Waals surface area contributed by atoms with Gasteiger partial charge in [-0.3, -0.25) is 4.79 Å². The van der Waals surface area contributed by atoms with Crippen LogP contribution in [-0.4, -0.2) is 63.8 Å². The summed E-state index contributed by atoms with van der Waals surface area (Å²) in [6.45, 7) is 6.53. The summed E-state index contributed by atoms with van der Waals surface area (Å²) in [5.74, 6) is 0.0956. The van der Waals surface area contributed by atoms with Gasteiger partial charge in [0.25, 0.3) is 0 Å². The zero-order valence-electron chi connectivity index (χ0n) is 15.4. The molecule has 0 bridgehead atoms. The van der Waals surface area contributed by atoms with Crippen LogP contribution < -0.4 is 5.32 Å². The van der Waals surface area contributed by atoms with E-state index in [4.69, 9.17) is 19.3 Å². The molecule has 0 aromatic rings. The summed E-state index contributed by atoms with van der Waals surface area (Å²) >= 11 is 0. The van der Waals surface area contributed by atoms with E-state index in [2.05, 4.69) is 12.2 Å². The van der Waals surface area contributed by atoms with Gasteiger partial charge in [-0.05, 0) is 19.3 Å². The van der Waals surface area contributed by atoms with Gasteiger partial charge in [0.05, 0.1) is 33.0 Å². The lowest BCUT2D eigenvalue weighted by Crippen LogP contribution is -2.27. The first kappa shape index (κ1) is 23.3. The van der Waals surface area contributed by atoms with Crippen molar-refractivity contribution in [3.05, 3.63) is 0 Å². The summed E-state index contributed by atoms with van der Waals surface area (Å²) in [6.07, 6.45) is 7.87. The van der Waals surface area contributed by atoms with Crippen molar-refractivity contribution < 1.29 is 24.1 Å². The lowest BCUT2D eigenvalue weighted by atomic mass is 10.1. The zero-order chi connectivity index (χ0) is 17.7. The van der Waals surface area contributed by atoms with Crippen molar-refractivity contribution in [3.63, 3.8) is 0 Å². The molecule has 0 aliphatic carbocycles. The van der Waals surface area contributed by atoms with Crippen LogP contribution >= 0.6 is 0 Å². The van der Waals surface area contributed by atoms with Crippen LogP contribution in [0.25, 0.3) is 0 Å². The van der Waals surface area contributed by atoms with Crippen molar-refractivity contribution in [2.45, 2.75) is 58.3 Å². The molecule has 0 spiro atoms. The molecule has 6 nitrogen and oxygen atoms in total. The highest BCUT2D eigenvalue weighted by Crippen LogP contribution is 2.06. The molecule has 0 unspecified atom stereocenters. The van der Waals surface area contributed by atoms with Crippen molar-refractivity contribution in [1.29, 1.82) is 0 Å². The van der Waals surface area contributed by atoms with Gasteiger partial charge in [0.1, 0.15) is 0 Å². The molecule has 0 rings (SSSR count). The molecule has 0 fully saturated rings. The predicted octanol–water partition coefficient (Wildman–Crippen LogP) is 2.29. The first-order valence-electron chi connectivity index (χ1n) is 9.42. The van der Waals surface area contributed by atoms with Crippen molar-refractivity contribution >= 4 is 5.91 Å². The van der Waals surface area contributed by atoms with Crippen LogP contribution in [0, 0.1) is 0 Å². The lowest BCUT2D eigenvalue weighted by Gasteiger charge is -2.07. The Hall–Kier alpha value is -0.690. The van der Waals surface area contributed by atoms with Gasteiger partial charge in [0, 0.05) is 26.2 Å². The Morgan fingerprint density at radius 2 is 1.33 bits per heavy atom. The number of aliphatic hydroxyl groups excluding tert-OH is 1. The van der Waals surface area contributed by atoms with Crippen LogP contribution in [0.2, 0.25) is 0 Å². The Bertz CT molecular complexity index is 264. The number of nitrogens with one attached hydrogen (secondary N) is 1. The van der Waals surface area contributed by atoms with Gasteiger partial charge in [0.15, 0.2) is 0 Å². The predicted molar refractivity (Wildman–Crippen MR) is 95.2 cm³/mol. The maximum atomic E-state index is 11.6. The Balaban J connectivity index is 3.12. The monoisotopic (exact) mass is 347 g/mol. The molecule has 0 aromatic carbocycles. The van der Waals surface area contributed by atoms with Gasteiger partial charge in [-0.15, -0.1) is 0 Å². The smallest absolute Gasteiger partial charge is 0.220 e. The van der Waals surface area contributed by atoms with Gasteiger partial charge >= 0.3 is 0 Å². The van der Waals surface area contributed by atoms with E-state index >= 15 is 0 Å². The second-order valence-electron chi connectivity index (χ2n) is 5.78. The second-order valence-corrected chi connectivity index (χ2v) is 5.78. The largest absolute Gasteiger partial charge is 0.396 e. The summed E-state index contributed by atoms with van der Waals surface area (Å²) in [5, 5.41) is 11.5. The molecule has 0 aromatic heterocycles. The molecule has 0 aliphatic rings. The number of aliphatic hydroxyl groups is 1. The van der Waals surface area contributed by atoms with Gasteiger partial charge in [0.2, 0.25) is 5.91 Å². The number of hydrogen-bond acceptors (Lipinski definition) is 5. The van der Waals surface area contributed by atoms with Crippen LogP contribution in [-0.2, 0) is 19.0 Å². The average molecular weight is 347 g/mol. The number of rotatable bonds is 19. The van der Waals surface area contributed by atoms with Gasteiger partial charge in [-0.2, -0.15) is 0 Å². The van der Waals surface area contributed by atoms with E-state index in [1.54, 1.807) is 0 Å². The van der Waals surface area contributed by atoms with E-state index in [-0.39, 0.29) is 12.5 Å². The highest BCUT2D eigenvalue weighted by molar-refractivity contribution is 5.75. The van der Waals surface area contributed by atoms with Crippen molar-refractivity contribution in [2.75, 3.05) is 52.8 Å². The third-order valence-corrected chi connectivity index (χ3v) is 3.47. The molecule has 0 radical (unpaired) electrons. The summed E-state index contributed by atoms with van der Waals surface area (Å²) in [6, 6.07) is 0. The van der Waals surface area contributed by atoms with E-state index in [1.807, 2.05) is 0 Å². The highest BCUT2D eigenvalue weighted by Gasteiger charge is 2.00. The van der Waals surface area contributed by atoms with E-state index in [0.29, 0.717) is 46.0 Å². The first-order valence-corrected chi connectivity index (χ1v) is 9.42.